The van der Waals surface area contributed by atoms with Gasteiger partial charge in [0.1, 0.15) is 16.4 Å². The number of carbonyl (C=O) groups is 1. The van der Waals surface area contributed by atoms with Crippen molar-refractivity contribution < 1.29 is 19.1 Å². The molecule has 0 radical (unpaired) electrons. The molecule has 2 aromatic heterocycles. The minimum Gasteiger partial charge on any atom is -0.465 e. The molecule has 26 heavy (non-hydrogen) atoms. The van der Waals surface area contributed by atoms with Crippen molar-refractivity contribution in [1.82, 2.24) is 5.32 Å². The highest BCUT2D eigenvalue weighted by atomic mass is 32.1. The van der Waals surface area contributed by atoms with Crippen molar-refractivity contribution in [2.45, 2.75) is 19.1 Å². The molecule has 3 aromatic rings. The summed E-state index contributed by atoms with van der Waals surface area (Å²) in [5.74, 6) is 1.06. The van der Waals surface area contributed by atoms with Crippen LogP contribution >= 0.6 is 11.3 Å². The van der Waals surface area contributed by atoms with Crippen LogP contribution in [0.15, 0.2) is 58.3 Å². The van der Waals surface area contributed by atoms with Gasteiger partial charge in [0.2, 0.25) is 0 Å². The third kappa shape index (κ3) is 4.40. The van der Waals surface area contributed by atoms with Crippen molar-refractivity contribution in [3.05, 3.63) is 70.1 Å². The lowest BCUT2D eigenvalue weighted by Gasteiger charge is -2.11. The molecular formula is C20H21NO4S. The number of carbonyl (C=O) groups excluding carboxylic acids is 1. The van der Waals surface area contributed by atoms with E-state index in [0.717, 1.165) is 16.9 Å². The van der Waals surface area contributed by atoms with Gasteiger partial charge in [-0.05, 0) is 42.1 Å². The zero-order valence-corrected chi connectivity index (χ0v) is 15.3. The molecule has 3 rings (SSSR count). The van der Waals surface area contributed by atoms with Gasteiger partial charge in [0, 0.05) is 5.56 Å². The van der Waals surface area contributed by atoms with E-state index in [1.54, 1.807) is 0 Å². The highest BCUT2D eigenvalue weighted by Gasteiger charge is 2.17. The topological polar surface area (TPSA) is 71.7 Å². The van der Waals surface area contributed by atoms with Crippen molar-refractivity contribution in [1.29, 1.82) is 0 Å². The molecular weight excluding hydrogens is 350 g/mol. The van der Waals surface area contributed by atoms with Crippen LogP contribution in [0.2, 0.25) is 0 Å². The van der Waals surface area contributed by atoms with Gasteiger partial charge in [-0.15, -0.1) is 11.3 Å². The van der Waals surface area contributed by atoms with Crippen molar-refractivity contribution in [2.75, 3.05) is 13.7 Å². The van der Waals surface area contributed by atoms with Gasteiger partial charge in [-0.1, -0.05) is 30.3 Å². The highest BCUT2D eigenvalue weighted by molar-refractivity contribution is 7.12. The van der Waals surface area contributed by atoms with Crippen LogP contribution in [-0.4, -0.2) is 24.7 Å². The fourth-order valence-electron chi connectivity index (χ4n) is 2.66. The number of aliphatic hydroxyl groups is 1. The maximum Gasteiger partial charge on any atom is 0.348 e. The van der Waals surface area contributed by atoms with Crippen molar-refractivity contribution >= 4 is 17.3 Å². The first-order chi connectivity index (χ1) is 12.7. The summed E-state index contributed by atoms with van der Waals surface area (Å²) in [4.78, 5) is 12.3. The summed E-state index contributed by atoms with van der Waals surface area (Å²) in [6.45, 7) is 1.22. The molecule has 0 aliphatic rings. The number of hydrogen-bond donors (Lipinski definition) is 2. The summed E-state index contributed by atoms with van der Waals surface area (Å²) in [5.41, 5.74) is 1.66. The van der Waals surface area contributed by atoms with E-state index in [0.29, 0.717) is 30.1 Å². The SMILES string of the molecule is COC(=O)c1sccc1-c1ccc(CNCCC(O)c2ccccc2)o1. The minimum atomic E-state index is -0.482. The zero-order chi connectivity index (χ0) is 18.4. The molecule has 5 nitrogen and oxygen atoms in total. The lowest BCUT2D eigenvalue weighted by molar-refractivity contribution is 0.0607. The molecule has 1 atom stereocenters. The van der Waals surface area contributed by atoms with Gasteiger partial charge >= 0.3 is 5.97 Å². The van der Waals surface area contributed by atoms with Crippen molar-refractivity contribution in [3.63, 3.8) is 0 Å². The normalized spacial score (nSPS) is 12.1. The van der Waals surface area contributed by atoms with E-state index >= 15 is 0 Å². The molecule has 136 valence electrons. The van der Waals surface area contributed by atoms with E-state index in [1.165, 1.54) is 18.4 Å². The molecule has 1 aromatic carbocycles. The Morgan fingerprint density at radius 1 is 1.23 bits per heavy atom. The fraction of sp³-hybridized carbons (Fsp3) is 0.250. The molecule has 2 N–H and O–H groups in total. The van der Waals surface area contributed by atoms with Gasteiger partial charge in [-0.2, -0.15) is 0 Å². The number of thiophene rings is 1. The summed E-state index contributed by atoms with van der Waals surface area (Å²) in [5, 5.41) is 15.3. The predicted octanol–water partition coefficient (Wildman–Crippen LogP) is 4.01. The molecule has 0 spiro atoms. The van der Waals surface area contributed by atoms with Crippen LogP contribution in [0.5, 0.6) is 0 Å². The number of aliphatic hydroxyl groups excluding tert-OH is 1. The molecule has 6 heteroatoms. The van der Waals surface area contributed by atoms with Gasteiger partial charge in [0.25, 0.3) is 0 Å². The van der Waals surface area contributed by atoms with E-state index in [1.807, 2.05) is 53.9 Å². The van der Waals surface area contributed by atoms with Crippen molar-refractivity contribution in [2.24, 2.45) is 0 Å². The first-order valence-electron chi connectivity index (χ1n) is 8.37. The van der Waals surface area contributed by atoms with Crippen LogP contribution in [-0.2, 0) is 11.3 Å². The number of furan rings is 1. The summed E-state index contributed by atoms with van der Waals surface area (Å²) in [6.07, 6.45) is 0.137. The van der Waals surface area contributed by atoms with Gasteiger partial charge < -0.3 is 19.6 Å². The van der Waals surface area contributed by atoms with E-state index in [-0.39, 0.29) is 5.97 Å². The molecule has 0 fully saturated rings. The fourth-order valence-corrected chi connectivity index (χ4v) is 3.48. The number of esters is 1. The summed E-state index contributed by atoms with van der Waals surface area (Å²) < 4.78 is 10.6. The number of rotatable bonds is 8. The first-order valence-corrected chi connectivity index (χ1v) is 9.25. The first kappa shape index (κ1) is 18.4. The van der Waals surface area contributed by atoms with E-state index < -0.39 is 6.10 Å². The third-order valence-electron chi connectivity index (χ3n) is 4.04. The second-order valence-electron chi connectivity index (χ2n) is 5.81. The number of benzene rings is 1. The maximum absolute atomic E-state index is 11.8. The van der Waals surface area contributed by atoms with Crippen LogP contribution in [0.1, 0.15) is 33.5 Å². The Balaban J connectivity index is 1.52. The molecule has 0 bridgehead atoms. The second kappa shape index (κ2) is 8.80. The van der Waals surface area contributed by atoms with E-state index in [4.69, 9.17) is 9.15 Å². The molecule has 2 heterocycles. The van der Waals surface area contributed by atoms with Gasteiger partial charge in [-0.25, -0.2) is 4.79 Å². The van der Waals surface area contributed by atoms with Crippen LogP contribution in [0.4, 0.5) is 0 Å². The average Bonchev–Trinajstić information content (AvgIpc) is 3.34. The number of ether oxygens (including phenoxy) is 1. The molecule has 0 saturated heterocycles. The second-order valence-corrected chi connectivity index (χ2v) is 6.73. The molecule has 0 saturated carbocycles. The molecule has 0 aliphatic carbocycles. The van der Waals surface area contributed by atoms with Gasteiger partial charge in [-0.3, -0.25) is 0 Å². The summed E-state index contributed by atoms with van der Waals surface area (Å²) in [7, 11) is 1.37. The molecule has 0 amide bonds. The van der Waals surface area contributed by atoms with Gasteiger partial charge in [0.05, 0.1) is 19.8 Å². The number of hydrogen-bond acceptors (Lipinski definition) is 6. The van der Waals surface area contributed by atoms with Crippen LogP contribution in [0.3, 0.4) is 0 Å². The van der Waals surface area contributed by atoms with Crippen LogP contribution in [0.25, 0.3) is 11.3 Å². The standard InChI is InChI=1S/C20H21NO4S/c1-24-20(23)19-16(10-12-26-19)18-8-7-15(25-18)13-21-11-9-17(22)14-5-3-2-4-6-14/h2-8,10,12,17,21-22H,9,11,13H2,1H3. The zero-order valence-electron chi connectivity index (χ0n) is 14.5. The molecule has 0 aliphatic heterocycles. The third-order valence-corrected chi connectivity index (χ3v) is 4.94. The van der Waals surface area contributed by atoms with Gasteiger partial charge in [0.15, 0.2) is 0 Å². The quantitative estimate of drug-likeness (QED) is 0.462. The lowest BCUT2D eigenvalue weighted by Crippen LogP contribution is -2.16. The Kier molecular flexibility index (Phi) is 6.22. The Bertz CT molecular complexity index is 840. The monoisotopic (exact) mass is 371 g/mol. The Morgan fingerprint density at radius 3 is 2.81 bits per heavy atom. The summed E-state index contributed by atoms with van der Waals surface area (Å²) in [6, 6.07) is 15.2. The largest absolute Gasteiger partial charge is 0.465 e. The highest BCUT2D eigenvalue weighted by Crippen LogP contribution is 2.30. The number of methoxy groups -OCH3 is 1. The maximum atomic E-state index is 11.8. The minimum absolute atomic E-state index is 0.360. The predicted molar refractivity (Wildman–Crippen MR) is 101 cm³/mol. The molecule has 1 unspecified atom stereocenters. The van der Waals surface area contributed by atoms with E-state index in [9.17, 15) is 9.90 Å². The smallest absolute Gasteiger partial charge is 0.348 e. The van der Waals surface area contributed by atoms with Crippen LogP contribution < -0.4 is 5.32 Å². The summed E-state index contributed by atoms with van der Waals surface area (Å²) >= 11 is 1.33. The Labute approximate surface area is 156 Å². The van der Waals surface area contributed by atoms with Crippen LogP contribution in [0, 0.1) is 0 Å². The Hall–Kier alpha value is -2.41. The number of nitrogens with one attached hydrogen (secondary N) is 1. The average molecular weight is 371 g/mol. The Morgan fingerprint density at radius 2 is 2.04 bits per heavy atom. The lowest BCUT2D eigenvalue weighted by atomic mass is 10.1. The van der Waals surface area contributed by atoms with Crippen molar-refractivity contribution in [3.8, 4) is 11.3 Å². The van der Waals surface area contributed by atoms with E-state index in [2.05, 4.69) is 5.32 Å².